The van der Waals surface area contributed by atoms with Gasteiger partial charge in [-0.25, -0.2) is 4.79 Å². The Kier molecular flexibility index (Phi) is 7.44. The van der Waals surface area contributed by atoms with Crippen molar-refractivity contribution in [2.75, 3.05) is 32.9 Å². The van der Waals surface area contributed by atoms with Gasteiger partial charge < -0.3 is 19.1 Å². The van der Waals surface area contributed by atoms with Crippen LogP contribution in [0.3, 0.4) is 0 Å². The van der Waals surface area contributed by atoms with Crippen LogP contribution in [0.1, 0.15) is 61.4 Å². The summed E-state index contributed by atoms with van der Waals surface area (Å²) in [5.41, 5.74) is 1.88. The molecular formula is C27H34BrIN2O5S. The number of nitrogens with zero attached hydrogens (tertiary/aromatic N) is 2. The van der Waals surface area contributed by atoms with Gasteiger partial charge in [0.1, 0.15) is 16.3 Å². The fraction of sp³-hybridized carbons (Fsp3) is 0.667. The number of phenolic OH excluding ortho intramolecular Hbond substituents is 1. The lowest BCUT2D eigenvalue weighted by Gasteiger charge is -2.56. The molecule has 2 aromatic rings. The number of morpholine rings is 1. The highest BCUT2D eigenvalue weighted by molar-refractivity contribution is 14.1. The maximum atomic E-state index is 14.8. The van der Waals surface area contributed by atoms with Crippen LogP contribution in [0.2, 0.25) is 0 Å². The number of aromatic hydroxyl groups is 1. The smallest absolute Gasteiger partial charge is 0.341 e. The maximum Gasteiger partial charge on any atom is 0.341 e. The highest BCUT2D eigenvalue weighted by Gasteiger charge is 2.55. The van der Waals surface area contributed by atoms with Crippen molar-refractivity contribution in [3.8, 4) is 5.75 Å². The summed E-state index contributed by atoms with van der Waals surface area (Å²) in [7, 11) is -1.37. The summed E-state index contributed by atoms with van der Waals surface area (Å²) < 4.78 is 28.9. The summed E-state index contributed by atoms with van der Waals surface area (Å²) in [5, 5.41) is 12.5. The minimum absolute atomic E-state index is 0.127. The molecule has 1 aromatic heterocycles. The molecule has 7 nitrogen and oxygen atoms in total. The molecule has 5 aliphatic rings. The molecule has 4 aliphatic carbocycles. The first-order chi connectivity index (χ1) is 17.8. The van der Waals surface area contributed by atoms with Crippen molar-refractivity contribution >= 4 is 66.2 Å². The van der Waals surface area contributed by atoms with E-state index in [-0.39, 0.29) is 17.1 Å². The van der Waals surface area contributed by atoms with E-state index in [1.807, 2.05) is 10.6 Å². The van der Waals surface area contributed by atoms with Crippen LogP contribution in [-0.4, -0.2) is 62.4 Å². The van der Waals surface area contributed by atoms with E-state index in [1.54, 1.807) is 6.92 Å². The molecular weight excluding hydrogens is 671 g/mol. The summed E-state index contributed by atoms with van der Waals surface area (Å²) >= 11 is 5.86. The summed E-state index contributed by atoms with van der Waals surface area (Å²) in [4.78, 5) is 15.9. The van der Waals surface area contributed by atoms with Gasteiger partial charge in [0, 0.05) is 30.6 Å². The number of esters is 1. The van der Waals surface area contributed by atoms with Gasteiger partial charge in [0.15, 0.2) is 0 Å². The van der Waals surface area contributed by atoms with Crippen molar-refractivity contribution in [2.45, 2.75) is 66.3 Å². The van der Waals surface area contributed by atoms with E-state index >= 15 is 0 Å². The third kappa shape index (κ3) is 4.50. The van der Waals surface area contributed by atoms with E-state index < -0.39 is 16.8 Å². The topological polar surface area (TPSA) is 81.0 Å². The fourth-order valence-corrected chi connectivity index (χ4v) is 11.5. The number of hydrogen-bond donors (Lipinski definition) is 1. The van der Waals surface area contributed by atoms with E-state index in [0.717, 1.165) is 37.9 Å². The van der Waals surface area contributed by atoms with E-state index in [1.165, 1.54) is 19.3 Å². The summed E-state index contributed by atoms with van der Waals surface area (Å²) in [6, 6.07) is 1.87. The van der Waals surface area contributed by atoms with Crippen LogP contribution in [0.5, 0.6) is 5.75 Å². The summed E-state index contributed by atoms with van der Waals surface area (Å²) in [6.45, 7) is 5.29. The molecule has 4 saturated carbocycles. The monoisotopic (exact) mass is 704 g/mol. The minimum atomic E-state index is -1.37. The predicted octanol–water partition coefficient (Wildman–Crippen LogP) is 5.59. The van der Waals surface area contributed by atoms with Gasteiger partial charge in [0.05, 0.1) is 49.9 Å². The van der Waals surface area contributed by atoms with E-state index in [9.17, 15) is 14.1 Å². The fourth-order valence-electron chi connectivity index (χ4n) is 7.83. The number of ether oxygens (including phenoxy) is 2. The lowest BCUT2D eigenvalue weighted by atomic mass is 9.56. The lowest BCUT2D eigenvalue weighted by Crippen LogP contribution is -2.53. The van der Waals surface area contributed by atoms with E-state index in [0.29, 0.717) is 68.1 Å². The number of hydrogen-bond acceptors (Lipinski definition) is 6. The Morgan fingerprint density at radius 1 is 1.22 bits per heavy atom. The van der Waals surface area contributed by atoms with Crippen molar-refractivity contribution in [1.29, 1.82) is 0 Å². The molecule has 37 heavy (non-hydrogen) atoms. The van der Waals surface area contributed by atoms with Crippen LogP contribution < -0.4 is 0 Å². The Morgan fingerprint density at radius 2 is 1.84 bits per heavy atom. The molecule has 1 saturated heterocycles. The number of carbonyl (C=O) groups is 1. The number of alkyl halides is 1. The first-order valence-electron chi connectivity index (χ1n) is 13.4. The average Bonchev–Trinajstić information content (AvgIpc) is 3.20. The summed E-state index contributed by atoms with van der Waals surface area (Å²) in [6.07, 6.45) is 6.73. The Morgan fingerprint density at radius 3 is 2.41 bits per heavy atom. The van der Waals surface area contributed by atoms with E-state index in [2.05, 4.69) is 43.4 Å². The van der Waals surface area contributed by atoms with Crippen LogP contribution in [0, 0.1) is 17.8 Å². The van der Waals surface area contributed by atoms with Crippen molar-refractivity contribution < 1.29 is 23.6 Å². The Bertz CT molecular complexity index is 1220. The third-order valence-corrected chi connectivity index (χ3v) is 12.3. The zero-order chi connectivity index (χ0) is 25.9. The summed E-state index contributed by atoms with van der Waals surface area (Å²) in [5.74, 6) is 1.62. The van der Waals surface area contributed by atoms with Crippen molar-refractivity contribution in [3.63, 3.8) is 0 Å². The number of rotatable bonds is 7. The van der Waals surface area contributed by atoms with Gasteiger partial charge in [0.25, 0.3) is 0 Å². The van der Waals surface area contributed by atoms with Gasteiger partial charge in [-0.05, 0) is 85.2 Å². The number of phenols is 1. The number of carbonyl (C=O) groups excluding carboxylic acids is 1. The second-order valence-electron chi connectivity index (χ2n) is 11.3. The zero-order valence-electron chi connectivity index (χ0n) is 21.1. The second kappa shape index (κ2) is 10.4. The molecule has 1 aromatic carbocycles. The molecule has 7 rings (SSSR count). The van der Waals surface area contributed by atoms with Gasteiger partial charge in [-0.2, -0.15) is 0 Å². The molecule has 0 amide bonds. The number of halogens is 2. The highest BCUT2D eigenvalue weighted by atomic mass is 127. The largest absolute Gasteiger partial charge is 0.506 e. The minimum Gasteiger partial charge on any atom is -0.506 e. The highest BCUT2D eigenvalue weighted by Crippen LogP contribution is 2.59. The third-order valence-electron chi connectivity index (χ3n) is 8.97. The Balaban J connectivity index is 1.56. The SMILES string of the molecule is CCOC(=O)c1c(S(=O)C23CC4CC(CC(C4)C2)C3)n(CI)c2cc(Br)c(O)c(CN3CCOCC3)c12. The van der Waals surface area contributed by atoms with Crippen molar-refractivity contribution in [2.24, 2.45) is 17.8 Å². The van der Waals surface area contributed by atoms with Crippen molar-refractivity contribution in [1.82, 2.24) is 9.47 Å². The quantitative estimate of drug-likeness (QED) is 0.230. The van der Waals surface area contributed by atoms with Gasteiger partial charge in [-0.3, -0.25) is 9.11 Å². The molecule has 1 unspecified atom stereocenters. The van der Waals surface area contributed by atoms with Gasteiger partial charge in [-0.15, -0.1) is 0 Å². The molecule has 1 aliphatic heterocycles. The molecule has 10 heteroatoms. The normalized spacial score (nSPS) is 30.2. The number of aromatic nitrogens is 1. The molecule has 0 spiro atoms. The lowest BCUT2D eigenvalue weighted by molar-refractivity contribution is 0.0340. The standard InChI is InChI=1S/C27H34BrIN2O5S/c1-2-36-26(33)23-22-19(14-30-3-5-35-6-4-30)24(32)20(28)10-21(22)31(15-29)25(23)37(34)27-11-16-7-17(12-27)9-18(8-16)13-27/h10,16-18,32H,2-9,11-15H2,1H3. The molecule has 0 radical (unpaired) electrons. The Hall–Kier alpha value is -0.690. The van der Waals surface area contributed by atoms with Crippen molar-refractivity contribution in [3.05, 3.63) is 21.7 Å². The molecule has 2 heterocycles. The second-order valence-corrected chi connectivity index (χ2v) is 14.6. The van der Waals surface area contributed by atoms with Crippen LogP contribution in [-0.2, 0) is 31.4 Å². The molecule has 5 fully saturated rings. The van der Waals surface area contributed by atoms with Gasteiger partial charge >= 0.3 is 5.97 Å². The molecule has 4 bridgehead atoms. The molecule has 202 valence electrons. The first-order valence-corrected chi connectivity index (χ1v) is 16.8. The zero-order valence-corrected chi connectivity index (χ0v) is 25.7. The number of benzene rings is 1. The van der Waals surface area contributed by atoms with Crippen LogP contribution in [0.4, 0.5) is 0 Å². The average molecular weight is 705 g/mol. The molecule has 1 N–H and O–H groups in total. The van der Waals surface area contributed by atoms with Gasteiger partial charge in [0.2, 0.25) is 0 Å². The molecule has 1 atom stereocenters. The van der Waals surface area contributed by atoms with E-state index in [4.69, 9.17) is 9.47 Å². The van der Waals surface area contributed by atoms with Crippen LogP contribution >= 0.6 is 38.5 Å². The van der Waals surface area contributed by atoms with Crippen LogP contribution in [0.15, 0.2) is 15.6 Å². The van der Waals surface area contributed by atoms with Crippen LogP contribution in [0.25, 0.3) is 10.9 Å². The maximum absolute atomic E-state index is 14.8. The first kappa shape index (κ1) is 26.5. The van der Waals surface area contributed by atoms with Gasteiger partial charge in [-0.1, -0.05) is 22.6 Å². The predicted molar refractivity (Wildman–Crippen MR) is 155 cm³/mol. The number of fused-ring (bicyclic) bond motifs is 1. The Labute approximate surface area is 242 Å².